The van der Waals surface area contributed by atoms with Crippen LogP contribution in [0.1, 0.15) is 15.9 Å². The fourth-order valence-electron chi connectivity index (χ4n) is 2.98. The number of rotatable bonds is 2. The maximum Gasteiger partial charge on any atom is 0.263 e. The van der Waals surface area contributed by atoms with Crippen LogP contribution >= 0.6 is 12.2 Å². The van der Waals surface area contributed by atoms with Gasteiger partial charge < -0.3 is 0 Å². The second-order valence-electron chi connectivity index (χ2n) is 6.08. The second-order valence-corrected chi connectivity index (χ2v) is 6.49. The van der Waals surface area contributed by atoms with Gasteiger partial charge in [-0.3, -0.25) is 29.6 Å². The SMILES string of the molecule is O=C1NC(=S)NC(=O)C1=Cc1cn(C(=O)c2ccc(F)cc2)c2ccccc12. The lowest BCUT2D eigenvalue weighted by atomic mass is 10.1. The Morgan fingerprint density at radius 3 is 2.32 bits per heavy atom. The van der Waals surface area contributed by atoms with Gasteiger partial charge in [-0.2, -0.15) is 0 Å². The molecule has 0 bridgehead atoms. The van der Waals surface area contributed by atoms with E-state index in [-0.39, 0.29) is 16.6 Å². The third kappa shape index (κ3) is 3.10. The number of benzene rings is 2. The molecule has 8 heteroatoms. The van der Waals surface area contributed by atoms with Gasteiger partial charge in [0.15, 0.2) is 5.11 Å². The topological polar surface area (TPSA) is 80.2 Å². The number of carbonyl (C=O) groups excluding carboxylic acids is 3. The zero-order chi connectivity index (χ0) is 19.8. The minimum absolute atomic E-state index is 0.0546. The Bertz CT molecular complexity index is 1170. The summed E-state index contributed by atoms with van der Waals surface area (Å²) in [4.78, 5) is 37.1. The number of hydrogen-bond acceptors (Lipinski definition) is 4. The van der Waals surface area contributed by atoms with E-state index in [9.17, 15) is 18.8 Å². The maximum atomic E-state index is 13.2. The van der Waals surface area contributed by atoms with Crippen LogP contribution in [0.15, 0.2) is 60.3 Å². The molecule has 0 radical (unpaired) electrons. The molecule has 28 heavy (non-hydrogen) atoms. The van der Waals surface area contributed by atoms with Gasteiger partial charge in [0.25, 0.3) is 17.7 Å². The predicted molar refractivity (Wildman–Crippen MR) is 105 cm³/mol. The number of fused-ring (bicyclic) bond motifs is 1. The largest absolute Gasteiger partial charge is 0.299 e. The van der Waals surface area contributed by atoms with Gasteiger partial charge in [0.1, 0.15) is 11.4 Å². The third-order valence-corrected chi connectivity index (χ3v) is 4.50. The molecule has 2 heterocycles. The van der Waals surface area contributed by atoms with E-state index in [0.29, 0.717) is 22.0 Å². The van der Waals surface area contributed by atoms with Crippen LogP contribution in [0.2, 0.25) is 0 Å². The van der Waals surface area contributed by atoms with Crippen LogP contribution in [0.25, 0.3) is 17.0 Å². The minimum Gasteiger partial charge on any atom is -0.299 e. The molecule has 0 spiro atoms. The Kier molecular flexibility index (Phi) is 4.32. The lowest BCUT2D eigenvalue weighted by Crippen LogP contribution is -2.51. The lowest BCUT2D eigenvalue weighted by Gasteiger charge is -2.16. The molecule has 0 unspecified atom stereocenters. The van der Waals surface area contributed by atoms with Crippen molar-refractivity contribution in [3.63, 3.8) is 0 Å². The Labute approximate surface area is 163 Å². The molecule has 1 aromatic heterocycles. The van der Waals surface area contributed by atoms with Gasteiger partial charge in [0.05, 0.1) is 5.52 Å². The number of hydrogen-bond donors (Lipinski definition) is 2. The Morgan fingerprint density at radius 1 is 1.00 bits per heavy atom. The normalized spacial score (nSPS) is 14.0. The highest BCUT2D eigenvalue weighted by molar-refractivity contribution is 7.80. The molecule has 4 rings (SSSR count). The molecule has 1 fully saturated rings. The van der Waals surface area contributed by atoms with Crippen LogP contribution in [0.3, 0.4) is 0 Å². The summed E-state index contributed by atoms with van der Waals surface area (Å²) >= 11 is 4.79. The molecule has 138 valence electrons. The highest BCUT2D eigenvalue weighted by atomic mass is 32.1. The zero-order valence-electron chi connectivity index (χ0n) is 14.2. The summed E-state index contributed by atoms with van der Waals surface area (Å²) in [7, 11) is 0. The van der Waals surface area contributed by atoms with Gasteiger partial charge >= 0.3 is 0 Å². The van der Waals surface area contributed by atoms with E-state index in [0.717, 1.165) is 0 Å². The molecule has 2 amide bonds. The third-order valence-electron chi connectivity index (χ3n) is 4.30. The number of halogens is 1. The summed E-state index contributed by atoms with van der Waals surface area (Å²) < 4.78 is 14.6. The number of carbonyl (C=O) groups is 3. The number of aromatic nitrogens is 1. The molecule has 0 atom stereocenters. The van der Waals surface area contributed by atoms with Gasteiger partial charge in [0, 0.05) is 22.7 Å². The monoisotopic (exact) mass is 393 g/mol. The van der Waals surface area contributed by atoms with E-state index in [1.807, 2.05) is 0 Å². The summed E-state index contributed by atoms with van der Waals surface area (Å²) in [6.07, 6.45) is 2.94. The number of nitrogens with zero attached hydrogens (tertiary/aromatic N) is 1. The first-order chi connectivity index (χ1) is 13.4. The first-order valence-electron chi connectivity index (χ1n) is 8.23. The van der Waals surface area contributed by atoms with Crippen molar-refractivity contribution < 1.29 is 18.8 Å². The first kappa shape index (κ1) is 17.7. The van der Waals surface area contributed by atoms with Crippen molar-refractivity contribution in [1.82, 2.24) is 15.2 Å². The first-order valence-corrected chi connectivity index (χ1v) is 8.63. The molecule has 2 aromatic carbocycles. The van der Waals surface area contributed by atoms with Gasteiger partial charge in [-0.05, 0) is 48.6 Å². The van der Waals surface area contributed by atoms with Crippen LogP contribution in [0, 0.1) is 5.82 Å². The molecule has 0 aliphatic carbocycles. The molecule has 1 saturated heterocycles. The molecule has 0 saturated carbocycles. The van der Waals surface area contributed by atoms with Crippen LogP contribution < -0.4 is 10.6 Å². The Balaban J connectivity index is 1.83. The summed E-state index contributed by atoms with van der Waals surface area (Å²) in [5.41, 5.74) is 1.29. The summed E-state index contributed by atoms with van der Waals surface area (Å²) in [5.74, 6) is -2.03. The number of thiocarbonyl (C=S) groups is 1. The molecule has 6 nitrogen and oxygen atoms in total. The van der Waals surface area contributed by atoms with E-state index in [1.165, 1.54) is 41.1 Å². The van der Waals surface area contributed by atoms with Gasteiger partial charge in [0.2, 0.25) is 0 Å². The molecule has 1 aliphatic heterocycles. The van der Waals surface area contributed by atoms with Crippen LogP contribution in [-0.4, -0.2) is 27.4 Å². The number of para-hydroxylation sites is 1. The Hall–Kier alpha value is -3.65. The second kappa shape index (κ2) is 6.82. The van der Waals surface area contributed by atoms with E-state index in [1.54, 1.807) is 24.3 Å². The van der Waals surface area contributed by atoms with Crippen molar-refractivity contribution in [2.75, 3.05) is 0 Å². The molecular weight excluding hydrogens is 381 g/mol. The standard InChI is InChI=1S/C20H12FN3O3S/c21-13-7-5-11(6-8-13)19(27)24-10-12(14-3-1-2-4-16(14)24)9-15-17(25)22-20(28)23-18(15)26/h1-10H,(H2,22,23,25,26,28). The van der Waals surface area contributed by atoms with Crippen LogP contribution in [0.5, 0.6) is 0 Å². The highest BCUT2D eigenvalue weighted by Gasteiger charge is 2.26. The van der Waals surface area contributed by atoms with Crippen molar-refractivity contribution in [2.45, 2.75) is 0 Å². The van der Waals surface area contributed by atoms with Crippen molar-refractivity contribution >= 4 is 52.0 Å². The summed E-state index contributed by atoms with van der Waals surface area (Å²) in [6.45, 7) is 0. The quantitative estimate of drug-likeness (QED) is 0.398. The smallest absolute Gasteiger partial charge is 0.263 e. The van der Waals surface area contributed by atoms with Gasteiger partial charge in [-0.15, -0.1) is 0 Å². The molecule has 2 N–H and O–H groups in total. The maximum absolute atomic E-state index is 13.2. The summed E-state index contributed by atoms with van der Waals surface area (Å²) in [5, 5.41) is 5.37. The highest BCUT2D eigenvalue weighted by Crippen LogP contribution is 2.25. The van der Waals surface area contributed by atoms with Crippen molar-refractivity contribution in [1.29, 1.82) is 0 Å². The average molecular weight is 393 g/mol. The Morgan fingerprint density at radius 2 is 1.64 bits per heavy atom. The zero-order valence-corrected chi connectivity index (χ0v) is 15.0. The van der Waals surface area contributed by atoms with Crippen LogP contribution in [-0.2, 0) is 9.59 Å². The van der Waals surface area contributed by atoms with E-state index in [4.69, 9.17) is 12.2 Å². The van der Waals surface area contributed by atoms with E-state index < -0.39 is 17.6 Å². The number of nitrogens with one attached hydrogen (secondary N) is 2. The van der Waals surface area contributed by atoms with Crippen molar-refractivity contribution in [3.05, 3.63) is 77.2 Å². The lowest BCUT2D eigenvalue weighted by molar-refractivity contribution is -0.123. The summed E-state index contributed by atoms with van der Waals surface area (Å²) in [6, 6.07) is 12.3. The average Bonchev–Trinajstić information content (AvgIpc) is 3.03. The fourth-order valence-corrected chi connectivity index (χ4v) is 3.17. The molecule has 3 aromatic rings. The predicted octanol–water partition coefficient (Wildman–Crippen LogP) is 2.38. The molecule has 1 aliphatic rings. The van der Waals surface area contributed by atoms with Gasteiger partial charge in [-0.1, -0.05) is 18.2 Å². The van der Waals surface area contributed by atoms with Crippen molar-refractivity contribution in [2.24, 2.45) is 0 Å². The molecular formula is C20H12FN3O3S. The van der Waals surface area contributed by atoms with E-state index in [2.05, 4.69) is 10.6 Å². The number of amides is 2. The van der Waals surface area contributed by atoms with Crippen LogP contribution in [0.4, 0.5) is 4.39 Å². The van der Waals surface area contributed by atoms with E-state index >= 15 is 0 Å². The van der Waals surface area contributed by atoms with Gasteiger partial charge in [-0.25, -0.2) is 4.39 Å². The van der Waals surface area contributed by atoms with Crippen molar-refractivity contribution in [3.8, 4) is 0 Å². The minimum atomic E-state index is -0.615. The fraction of sp³-hybridized carbons (Fsp3) is 0.